The Balaban J connectivity index is 2.44. The Kier molecular flexibility index (Phi) is 6.00. The zero-order valence-corrected chi connectivity index (χ0v) is 10.9. The third-order valence-corrected chi connectivity index (χ3v) is 2.54. The number of methoxy groups -OCH3 is 1. The SMILES string of the molecule is CCCC(N)CNC(=O)Nc1ccccc1OC. The molecule has 0 aliphatic carbocycles. The highest BCUT2D eigenvalue weighted by Crippen LogP contribution is 2.22. The van der Waals surface area contributed by atoms with Crippen LogP contribution in [0.5, 0.6) is 5.75 Å². The third kappa shape index (κ3) is 4.63. The molecular weight excluding hydrogens is 230 g/mol. The van der Waals surface area contributed by atoms with Crippen LogP contribution in [0.4, 0.5) is 10.5 Å². The van der Waals surface area contributed by atoms with E-state index in [0.29, 0.717) is 18.0 Å². The topological polar surface area (TPSA) is 76.4 Å². The molecule has 0 radical (unpaired) electrons. The van der Waals surface area contributed by atoms with Crippen molar-refractivity contribution in [2.75, 3.05) is 19.0 Å². The van der Waals surface area contributed by atoms with Gasteiger partial charge < -0.3 is 21.1 Å². The van der Waals surface area contributed by atoms with E-state index in [-0.39, 0.29) is 12.1 Å². The largest absolute Gasteiger partial charge is 0.495 e. The van der Waals surface area contributed by atoms with Crippen LogP contribution in [0.25, 0.3) is 0 Å². The van der Waals surface area contributed by atoms with Crippen molar-refractivity contribution < 1.29 is 9.53 Å². The molecule has 5 heteroatoms. The number of carbonyl (C=O) groups excluding carboxylic acids is 1. The zero-order valence-electron chi connectivity index (χ0n) is 10.9. The summed E-state index contributed by atoms with van der Waals surface area (Å²) in [5.74, 6) is 0.630. The summed E-state index contributed by atoms with van der Waals surface area (Å²) in [6.45, 7) is 2.53. The molecular formula is C13H21N3O2. The van der Waals surface area contributed by atoms with Gasteiger partial charge in [-0.2, -0.15) is 0 Å². The molecule has 0 aliphatic rings. The molecule has 5 nitrogen and oxygen atoms in total. The second-order valence-electron chi connectivity index (χ2n) is 4.08. The summed E-state index contributed by atoms with van der Waals surface area (Å²) < 4.78 is 5.14. The van der Waals surface area contributed by atoms with Gasteiger partial charge in [-0.25, -0.2) is 4.79 Å². The van der Waals surface area contributed by atoms with Crippen LogP contribution < -0.4 is 21.1 Å². The van der Waals surface area contributed by atoms with Crippen molar-refractivity contribution in [1.29, 1.82) is 0 Å². The van der Waals surface area contributed by atoms with Gasteiger partial charge in [0.15, 0.2) is 0 Å². The fourth-order valence-corrected chi connectivity index (χ4v) is 1.61. The van der Waals surface area contributed by atoms with E-state index in [0.717, 1.165) is 12.8 Å². The predicted octanol–water partition coefficient (Wildman–Crippen LogP) is 1.94. The van der Waals surface area contributed by atoms with E-state index in [4.69, 9.17) is 10.5 Å². The predicted molar refractivity (Wildman–Crippen MR) is 72.9 cm³/mol. The van der Waals surface area contributed by atoms with Crippen LogP contribution in [0.15, 0.2) is 24.3 Å². The number of rotatable bonds is 6. The van der Waals surface area contributed by atoms with Crippen LogP contribution in [-0.2, 0) is 0 Å². The molecule has 0 saturated heterocycles. The van der Waals surface area contributed by atoms with Gasteiger partial charge in [-0.05, 0) is 18.6 Å². The first-order chi connectivity index (χ1) is 8.67. The number of nitrogens with one attached hydrogen (secondary N) is 2. The number of urea groups is 1. The molecule has 0 heterocycles. The van der Waals surface area contributed by atoms with Crippen molar-refractivity contribution in [3.05, 3.63) is 24.3 Å². The Morgan fingerprint density at radius 1 is 1.44 bits per heavy atom. The zero-order chi connectivity index (χ0) is 13.4. The summed E-state index contributed by atoms with van der Waals surface area (Å²) in [6, 6.07) is 6.98. The van der Waals surface area contributed by atoms with E-state index in [1.165, 1.54) is 0 Å². The van der Waals surface area contributed by atoms with Gasteiger partial charge in [0.05, 0.1) is 12.8 Å². The molecule has 0 fully saturated rings. The quantitative estimate of drug-likeness (QED) is 0.723. The lowest BCUT2D eigenvalue weighted by atomic mass is 10.2. The smallest absolute Gasteiger partial charge is 0.319 e. The number of anilines is 1. The number of ether oxygens (including phenoxy) is 1. The van der Waals surface area contributed by atoms with Gasteiger partial charge in [-0.3, -0.25) is 0 Å². The molecule has 1 rings (SSSR count). The molecule has 2 amide bonds. The minimum atomic E-state index is -0.272. The monoisotopic (exact) mass is 251 g/mol. The van der Waals surface area contributed by atoms with Gasteiger partial charge in [-0.1, -0.05) is 25.5 Å². The van der Waals surface area contributed by atoms with E-state index in [1.54, 1.807) is 19.2 Å². The molecule has 1 atom stereocenters. The average molecular weight is 251 g/mol. The number of hydrogen-bond acceptors (Lipinski definition) is 3. The van der Waals surface area contributed by atoms with Gasteiger partial charge in [0.1, 0.15) is 5.75 Å². The maximum atomic E-state index is 11.7. The molecule has 0 aromatic heterocycles. The summed E-state index contributed by atoms with van der Waals surface area (Å²) in [7, 11) is 1.57. The van der Waals surface area contributed by atoms with Crippen molar-refractivity contribution in [2.45, 2.75) is 25.8 Å². The van der Waals surface area contributed by atoms with E-state index in [2.05, 4.69) is 17.6 Å². The standard InChI is InChI=1S/C13H21N3O2/c1-3-6-10(14)9-15-13(17)16-11-7-4-5-8-12(11)18-2/h4-5,7-8,10H,3,6,9,14H2,1-2H3,(H2,15,16,17). The summed E-state index contributed by atoms with van der Waals surface area (Å²) in [4.78, 5) is 11.7. The fourth-order valence-electron chi connectivity index (χ4n) is 1.61. The molecule has 18 heavy (non-hydrogen) atoms. The average Bonchev–Trinajstić information content (AvgIpc) is 2.37. The lowest BCUT2D eigenvalue weighted by Gasteiger charge is -2.13. The van der Waals surface area contributed by atoms with Gasteiger partial charge in [-0.15, -0.1) is 0 Å². The highest BCUT2D eigenvalue weighted by molar-refractivity contribution is 5.90. The number of hydrogen-bond donors (Lipinski definition) is 3. The molecule has 0 spiro atoms. The maximum absolute atomic E-state index is 11.7. The van der Waals surface area contributed by atoms with Gasteiger partial charge in [0, 0.05) is 12.6 Å². The lowest BCUT2D eigenvalue weighted by molar-refractivity contribution is 0.251. The molecule has 1 aromatic carbocycles. The van der Waals surface area contributed by atoms with Crippen molar-refractivity contribution in [2.24, 2.45) is 5.73 Å². The van der Waals surface area contributed by atoms with Crippen LogP contribution in [0.2, 0.25) is 0 Å². The Bertz CT molecular complexity index is 382. The minimum Gasteiger partial charge on any atom is -0.495 e. The molecule has 1 unspecified atom stereocenters. The molecule has 100 valence electrons. The Labute approximate surface area is 108 Å². The van der Waals surface area contributed by atoms with Crippen molar-refractivity contribution >= 4 is 11.7 Å². The van der Waals surface area contributed by atoms with Gasteiger partial charge >= 0.3 is 6.03 Å². The van der Waals surface area contributed by atoms with Crippen LogP contribution >= 0.6 is 0 Å². The van der Waals surface area contributed by atoms with Gasteiger partial charge in [0.25, 0.3) is 0 Å². The number of carbonyl (C=O) groups is 1. The summed E-state index contributed by atoms with van der Waals surface area (Å²) >= 11 is 0. The molecule has 4 N–H and O–H groups in total. The normalized spacial score (nSPS) is 11.7. The Morgan fingerprint density at radius 3 is 2.83 bits per heavy atom. The van der Waals surface area contributed by atoms with Gasteiger partial charge in [0.2, 0.25) is 0 Å². The van der Waals surface area contributed by atoms with Crippen LogP contribution in [-0.4, -0.2) is 25.7 Å². The Morgan fingerprint density at radius 2 is 2.17 bits per heavy atom. The fraction of sp³-hybridized carbons (Fsp3) is 0.462. The molecule has 0 saturated carbocycles. The Hall–Kier alpha value is -1.75. The van der Waals surface area contributed by atoms with Crippen molar-refractivity contribution in [1.82, 2.24) is 5.32 Å². The van der Waals surface area contributed by atoms with Crippen LogP contribution in [0.3, 0.4) is 0 Å². The van der Waals surface area contributed by atoms with E-state index in [9.17, 15) is 4.79 Å². The van der Waals surface area contributed by atoms with Crippen molar-refractivity contribution in [3.8, 4) is 5.75 Å². The number of para-hydroxylation sites is 2. The highest BCUT2D eigenvalue weighted by Gasteiger charge is 2.07. The maximum Gasteiger partial charge on any atom is 0.319 e. The first-order valence-corrected chi connectivity index (χ1v) is 6.10. The lowest BCUT2D eigenvalue weighted by Crippen LogP contribution is -2.39. The molecule has 0 bridgehead atoms. The molecule has 0 aliphatic heterocycles. The minimum absolute atomic E-state index is 0.00146. The summed E-state index contributed by atoms with van der Waals surface area (Å²) in [5, 5.41) is 5.46. The second kappa shape index (κ2) is 7.55. The van der Waals surface area contributed by atoms with E-state index < -0.39 is 0 Å². The number of amides is 2. The highest BCUT2D eigenvalue weighted by atomic mass is 16.5. The summed E-state index contributed by atoms with van der Waals surface area (Å²) in [6.07, 6.45) is 1.91. The van der Waals surface area contributed by atoms with E-state index in [1.807, 2.05) is 12.1 Å². The van der Waals surface area contributed by atoms with Crippen LogP contribution in [0, 0.1) is 0 Å². The third-order valence-electron chi connectivity index (χ3n) is 2.54. The number of benzene rings is 1. The summed E-state index contributed by atoms with van der Waals surface area (Å²) in [5.41, 5.74) is 6.46. The second-order valence-corrected chi connectivity index (χ2v) is 4.08. The van der Waals surface area contributed by atoms with Crippen molar-refractivity contribution in [3.63, 3.8) is 0 Å². The first-order valence-electron chi connectivity index (χ1n) is 6.10. The van der Waals surface area contributed by atoms with E-state index >= 15 is 0 Å². The number of nitrogens with two attached hydrogens (primary N) is 1. The van der Waals surface area contributed by atoms with Crippen LogP contribution in [0.1, 0.15) is 19.8 Å². The first kappa shape index (κ1) is 14.3. The molecule has 1 aromatic rings.